The van der Waals surface area contributed by atoms with E-state index in [1.165, 1.54) is 25.7 Å². The minimum Gasteiger partial charge on any atom is -0.103 e. The van der Waals surface area contributed by atoms with Crippen molar-refractivity contribution in [3.63, 3.8) is 0 Å². The molecule has 0 aromatic rings. The van der Waals surface area contributed by atoms with Crippen molar-refractivity contribution < 1.29 is 0 Å². The Morgan fingerprint density at radius 2 is 2.60 bits per heavy atom. The Bertz CT molecular complexity index is 142. The van der Waals surface area contributed by atoms with E-state index < -0.39 is 0 Å². The standard InChI is InChI=1S/C10H16/c1-3-5-10-7-4-6-9(2)8-10/h3,6,10H,1,4-5,7-8H2,2H3. The second-order valence-electron chi connectivity index (χ2n) is 3.22. The quantitative estimate of drug-likeness (QED) is 0.511. The largest absolute Gasteiger partial charge is 0.103 e. The maximum atomic E-state index is 3.76. The third-order valence-corrected chi connectivity index (χ3v) is 2.18. The fraction of sp³-hybridized carbons (Fsp3) is 0.600. The maximum absolute atomic E-state index is 3.76. The summed E-state index contributed by atoms with van der Waals surface area (Å²) < 4.78 is 0. The van der Waals surface area contributed by atoms with Gasteiger partial charge in [-0.25, -0.2) is 0 Å². The molecule has 0 heterocycles. The molecule has 0 amide bonds. The van der Waals surface area contributed by atoms with E-state index in [1.807, 2.05) is 6.08 Å². The molecule has 0 aromatic carbocycles. The highest BCUT2D eigenvalue weighted by Crippen LogP contribution is 2.26. The Balaban J connectivity index is 2.37. The summed E-state index contributed by atoms with van der Waals surface area (Å²) in [5, 5.41) is 0. The molecule has 0 spiro atoms. The van der Waals surface area contributed by atoms with E-state index in [2.05, 4.69) is 19.6 Å². The Kier molecular flexibility index (Phi) is 2.73. The molecule has 0 nitrogen and oxygen atoms in total. The van der Waals surface area contributed by atoms with Crippen molar-refractivity contribution in [3.8, 4) is 0 Å². The number of hydrogen-bond acceptors (Lipinski definition) is 0. The highest BCUT2D eigenvalue weighted by molar-refractivity contribution is 5.03. The molecule has 56 valence electrons. The molecule has 1 rings (SSSR count). The average molecular weight is 136 g/mol. The summed E-state index contributed by atoms with van der Waals surface area (Å²) in [6, 6.07) is 0. The summed E-state index contributed by atoms with van der Waals surface area (Å²) in [5.41, 5.74) is 1.57. The van der Waals surface area contributed by atoms with Crippen LogP contribution in [-0.2, 0) is 0 Å². The molecule has 0 aromatic heterocycles. The second-order valence-corrected chi connectivity index (χ2v) is 3.22. The van der Waals surface area contributed by atoms with Gasteiger partial charge >= 0.3 is 0 Å². The molecule has 1 aliphatic carbocycles. The van der Waals surface area contributed by atoms with Crippen LogP contribution in [0.4, 0.5) is 0 Å². The average Bonchev–Trinajstić information content (AvgIpc) is 1.88. The third kappa shape index (κ3) is 2.02. The lowest BCUT2D eigenvalue weighted by atomic mass is 9.87. The van der Waals surface area contributed by atoms with Crippen LogP contribution < -0.4 is 0 Å². The van der Waals surface area contributed by atoms with Crippen LogP contribution in [0, 0.1) is 5.92 Å². The van der Waals surface area contributed by atoms with E-state index in [1.54, 1.807) is 5.57 Å². The second kappa shape index (κ2) is 3.60. The van der Waals surface area contributed by atoms with E-state index in [9.17, 15) is 0 Å². The van der Waals surface area contributed by atoms with Gasteiger partial charge in [0, 0.05) is 0 Å². The van der Waals surface area contributed by atoms with Gasteiger partial charge in [-0.3, -0.25) is 0 Å². The Labute approximate surface area is 63.6 Å². The van der Waals surface area contributed by atoms with Gasteiger partial charge < -0.3 is 0 Å². The van der Waals surface area contributed by atoms with Gasteiger partial charge in [0.05, 0.1) is 0 Å². The van der Waals surface area contributed by atoms with Gasteiger partial charge in [-0.05, 0) is 38.5 Å². The SMILES string of the molecule is C=CCC1CCC=C(C)C1. The zero-order valence-corrected chi connectivity index (χ0v) is 6.77. The van der Waals surface area contributed by atoms with Gasteiger partial charge in [0.2, 0.25) is 0 Å². The van der Waals surface area contributed by atoms with Crippen LogP contribution in [0.5, 0.6) is 0 Å². The normalized spacial score (nSPS) is 25.7. The fourth-order valence-electron chi connectivity index (χ4n) is 1.64. The molecule has 0 saturated heterocycles. The van der Waals surface area contributed by atoms with Gasteiger partial charge in [0.25, 0.3) is 0 Å². The first-order valence-electron chi connectivity index (χ1n) is 4.09. The summed E-state index contributed by atoms with van der Waals surface area (Å²) in [5.74, 6) is 0.891. The summed E-state index contributed by atoms with van der Waals surface area (Å²) in [6.45, 7) is 5.99. The summed E-state index contributed by atoms with van der Waals surface area (Å²) in [6.07, 6.45) is 9.55. The third-order valence-electron chi connectivity index (χ3n) is 2.18. The highest BCUT2D eigenvalue weighted by atomic mass is 14.2. The van der Waals surface area contributed by atoms with Gasteiger partial charge in [-0.2, -0.15) is 0 Å². The molecule has 1 aliphatic rings. The van der Waals surface area contributed by atoms with Gasteiger partial charge in [0.15, 0.2) is 0 Å². The monoisotopic (exact) mass is 136 g/mol. The van der Waals surface area contributed by atoms with Crippen LogP contribution in [0.3, 0.4) is 0 Å². The first-order valence-corrected chi connectivity index (χ1v) is 4.09. The van der Waals surface area contributed by atoms with E-state index in [-0.39, 0.29) is 0 Å². The minimum absolute atomic E-state index is 0.891. The van der Waals surface area contributed by atoms with Crippen molar-refractivity contribution in [2.24, 2.45) is 5.92 Å². The van der Waals surface area contributed by atoms with E-state index in [0.717, 1.165) is 5.92 Å². The predicted octanol–water partition coefficient (Wildman–Crippen LogP) is 3.31. The molecule has 0 radical (unpaired) electrons. The highest BCUT2D eigenvalue weighted by Gasteiger charge is 2.10. The van der Waals surface area contributed by atoms with Crippen LogP contribution in [0.1, 0.15) is 32.6 Å². The lowest BCUT2D eigenvalue weighted by Gasteiger charge is -2.18. The van der Waals surface area contributed by atoms with Crippen molar-refractivity contribution in [1.29, 1.82) is 0 Å². The molecule has 0 saturated carbocycles. The van der Waals surface area contributed by atoms with Crippen LogP contribution in [0.25, 0.3) is 0 Å². The van der Waals surface area contributed by atoms with Crippen molar-refractivity contribution in [3.05, 3.63) is 24.3 Å². The van der Waals surface area contributed by atoms with Crippen molar-refractivity contribution in [2.75, 3.05) is 0 Å². The molecular weight excluding hydrogens is 120 g/mol. The lowest BCUT2D eigenvalue weighted by Crippen LogP contribution is -2.03. The summed E-state index contributed by atoms with van der Waals surface area (Å²) in [7, 11) is 0. The van der Waals surface area contributed by atoms with Crippen LogP contribution in [-0.4, -0.2) is 0 Å². The van der Waals surface area contributed by atoms with E-state index >= 15 is 0 Å². The van der Waals surface area contributed by atoms with Gasteiger partial charge in [-0.15, -0.1) is 6.58 Å². The zero-order valence-electron chi connectivity index (χ0n) is 6.77. The Hall–Kier alpha value is -0.520. The molecule has 0 fully saturated rings. The number of hydrogen-bond donors (Lipinski definition) is 0. The zero-order chi connectivity index (χ0) is 7.40. The van der Waals surface area contributed by atoms with Crippen molar-refractivity contribution in [2.45, 2.75) is 32.6 Å². The number of allylic oxidation sites excluding steroid dienone is 3. The molecular formula is C10H16. The van der Waals surface area contributed by atoms with Crippen LogP contribution in [0.2, 0.25) is 0 Å². The van der Waals surface area contributed by atoms with Gasteiger partial charge in [-0.1, -0.05) is 17.7 Å². The molecule has 10 heavy (non-hydrogen) atoms. The smallest absolute Gasteiger partial charge is 0.0292 e. The minimum atomic E-state index is 0.891. The van der Waals surface area contributed by atoms with E-state index in [0.29, 0.717) is 0 Å². The Morgan fingerprint density at radius 1 is 1.80 bits per heavy atom. The fourth-order valence-corrected chi connectivity index (χ4v) is 1.64. The van der Waals surface area contributed by atoms with Crippen molar-refractivity contribution >= 4 is 0 Å². The van der Waals surface area contributed by atoms with Crippen molar-refractivity contribution in [1.82, 2.24) is 0 Å². The molecule has 1 unspecified atom stereocenters. The predicted molar refractivity (Wildman–Crippen MR) is 45.9 cm³/mol. The van der Waals surface area contributed by atoms with E-state index in [4.69, 9.17) is 0 Å². The summed E-state index contributed by atoms with van der Waals surface area (Å²) >= 11 is 0. The lowest BCUT2D eigenvalue weighted by molar-refractivity contribution is 0.471. The number of rotatable bonds is 2. The molecule has 0 aliphatic heterocycles. The van der Waals surface area contributed by atoms with Crippen LogP contribution >= 0.6 is 0 Å². The maximum Gasteiger partial charge on any atom is -0.0292 e. The summed E-state index contributed by atoms with van der Waals surface area (Å²) in [4.78, 5) is 0. The van der Waals surface area contributed by atoms with Gasteiger partial charge in [0.1, 0.15) is 0 Å². The van der Waals surface area contributed by atoms with Crippen LogP contribution in [0.15, 0.2) is 24.3 Å². The first-order chi connectivity index (χ1) is 4.83. The molecule has 0 bridgehead atoms. The molecule has 1 atom stereocenters. The molecule has 0 N–H and O–H groups in total. The topological polar surface area (TPSA) is 0 Å². The first kappa shape index (κ1) is 7.59. The molecule has 0 heteroatoms. The Morgan fingerprint density at radius 3 is 3.20 bits per heavy atom.